The number of hydrogen-bond donors (Lipinski definition) is 2. The van der Waals surface area contributed by atoms with Gasteiger partial charge in [0, 0.05) is 54.9 Å². The van der Waals surface area contributed by atoms with Crippen LogP contribution in [0.15, 0.2) is 48.7 Å². The Bertz CT molecular complexity index is 1200. The molecule has 1 fully saturated rings. The first-order valence-electron chi connectivity index (χ1n) is 11.9. The maximum atomic E-state index is 14.7. The van der Waals surface area contributed by atoms with Crippen molar-refractivity contribution in [2.45, 2.75) is 19.4 Å². The summed E-state index contributed by atoms with van der Waals surface area (Å²) in [6.07, 6.45) is 3.15. The summed E-state index contributed by atoms with van der Waals surface area (Å²) < 4.78 is 26.2. The van der Waals surface area contributed by atoms with Crippen molar-refractivity contribution in [2.75, 3.05) is 49.7 Å². The van der Waals surface area contributed by atoms with E-state index in [9.17, 15) is 9.18 Å². The molecule has 0 unspecified atom stereocenters. The molecule has 0 atom stereocenters. The number of rotatable bonds is 1. The number of ether oxygens (including phenoxy) is 2. The van der Waals surface area contributed by atoms with Crippen LogP contribution in [0.5, 0.6) is 0 Å². The molecule has 35 heavy (non-hydrogen) atoms. The van der Waals surface area contributed by atoms with E-state index in [1.165, 1.54) is 12.1 Å². The van der Waals surface area contributed by atoms with E-state index in [0.717, 1.165) is 42.9 Å². The van der Waals surface area contributed by atoms with Gasteiger partial charge in [-0.15, -0.1) is 0 Å². The summed E-state index contributed by atoms with van der Waals surface area (Å²) in [6.45, 7) is 4.55. The van der Waals surface area contributed by atoms with Gasteiger partial charge in [0.15, 0.2) is 0 Å². The number of nitrogens with zero attached hydrogens (tertiary/aromatic N) is 3. The predicted octanol–water partition coefficient (Wildman–Crippen LogP) is 3.90. The molecule has 2 N–H and O–H groups in total. The molecule has 0 saturated carbocycles. The molecule has 8 nitrogen and oxygen atoms in total. The van der Waals surface area contributed by atoms with Gasteiger partial charge in [0.2, 0.25) is 5.95 Å². The number of benzene rings is 2. The summed E-state index contributed by atoms with van der Waals surface area (Å²) in [7, 11) is 0. The van der Waals surface area contributed by atoms with Crippen molar-refractivity contribution < 1.29 is 18.7 Å². The highest BCUT2D eigenvalue weighted by molar-refractivity contribution is 5.95. The lowest BCUT2D eigenvalue weighted by molar-refractivity contribution is 0.0942. The van der Waals surface area contributed by atoms with E-state index in [2.05, 4.69) is 37.6 Å². The number of halogens is 1. The number of nitrogens with one attached hydrogen (secondary N) is 2. The summed E-state index contributed by atoms with van der Waals surface area (Å²) in [5.41, 5.74) is 4.17. The number of anilines is 3. The largest absolute Gasteiger partial charge is 0.378 e. The number of hydrogen-bond acceptors (Lipinski definition) is 7. The highest BCUT2D eigenvalue weighted by atomic mass is 19.1. The fraction of sp³-hybridized carbons (Fsp3) is 0.346. The van der Waals surface area contributed by atoms with E-state index in [4.69, 9.17) is 9.47 Å². The van der Waals surface area contributed by atoms with Gasteiger partial charge in [0.25, 0.3) is 5.91 Å². The second-order valence-electron chi connectivity index (χ2n) is 8.54. The maximum Gasteiger partial charge on any atom is 0.254 e. The Kier molecular flexibility index (Phi) is 7.15. The van der Waals surface area contributed by atoms with Crippen LogP contribution in [0.25, 0.3) is 11.3 Å². The summed E-state index contributed by atoms with van der Waals surface area (Å²) >= 11 is 0. The van der Waals surface area contributed by atoms with Gasteiger partial charge in [-0.05, 0) is 49.2 Å². The van der Waals surface area contributed by atoms with Gasteiger partial charge in [-0.2, -0.15) is 0 Å². The molecule has 2 aromatic carbocycles. The van der Waals surface area contributed by atoms with E-state index in [-0.39, 0.29) is 5.56 Å². The zero-order chi connectivity index (χ0) is 24.0. The number of amides is 1. The first-order valence-corrected chi connectivity index (χ1v) is 11.9. The van der Waals surface area contributed by atoms with E-state index >= 15 is 0 Å². The highest BCUT2D eigenvalue weighted by Gasteiger charge is 2.17. The van der Waals surface area contributed by atoms with Gasteiger partial charge in [-0.1, -0.05) is 6.07 Å². The average molecular weight is 478 g/mol. The third-order valence-corrected chi connectivity index (χ3v) is 6.11. The van der Waals surface area contributed by atoms with Crippen LogP contribution in [0.4, 0.5) is 21.7 Å². The maximum absolute atomic E-state index is 14.7. The van der Waals surface area contributed by atoms with Crippen molar-refractivity contribution in [2.24, 2.45) is 0 Å². The lowest BCUT2D eigenvalue weighted by Gasteiger charge is -2.31. The van der Waals surface area contributed by atoms with Gasteiger partial charge < -0.3 is 25.0 Å². The number of carbonyl (C=O) groups is 1. The SMILES string of the molecule is O=C1NCCCCOCc2cc(ccc2N2CCOCC2)Nc2nccc(n2)-c2ccc1c(F)c2. The monoisotopic (exact) mass is 477 g/mol. The van der Waals surface area contributed by atoms with Crippen molar-refractivity contribution in [3.8, 4) is 11.3 Å². The fourth-order valence-electron chi connectivity index (χ4n) is 4.27. The Morgan fingerprint density at radius 1 is 0.971 bits per heavy atom. The first kappa shape index (κ1) is 23.2. The Hall–Kier alpha value is -3.56. The Morgan fingerprint density at radius 2 is 1.86 bits per heavy atom. The minimum Gasteiger partial charge on any atom is -0.378 e. The normalized spacial score (nSPS) is 17.1. The van der Waals surface area contributed by atoms with Crippen LogP contribution in [0, 0.1) is 5.82 Å². The lowest BCUT2D eigenvalue weighted by Crippen LogP contribution is -2.36. The van der Waals surface area contributed by atoms with Gasteiger partial charge in [0.1, 0.15) is 5.82 Å². The van der Waals surface area contributed by atoms with Crippen molar-refractivity contribution in [1.29, 1.82) is 0 Å². The molecule has 6 rings (SSSR count). The average Bonchev–Trinajstić information content (AvgIpc) is 2.88. The van der Waals surface area contributed by atoms with Crippen LogP contribution in [0.2, 0.25) is 0 Å². The van der Waals surface area contributed by atoms with Crippen LogP contribution in [-0.4, -0.2) is 55.3 Å². The van der Waals surface area contributed by atoms with Gasteiger partial charge in [0.05, 0.1) is 31.1 Å². The number of carbonyl (C=O) groups excluding carboxylic acids is 1. The minimum atomic E-state index is -0.585. The van der Waals surface area contributed by atoms with Crippen LogP contribution >= 0.6 is 0 Å². The van der Waals surface area contributed by atoms with E-state index in [0.29, 0.717) is 50.2 Å². The Labute approximate surface area is 203 Å². The van der Waals surface area contributed by atoms with Crippen molar-refractivity contribution in [3.05, 3.63) is 65.6 Å². The molecule has 0 spiro atoms. The van der Waals surface area contributed by atoms with E-state index in [1.807, 2.05) is 6.07 Å². The molecule has 0 radical (unpaired) electrons. The second-order valence-corrected chi connectivity index (χ2v) is 8.54. The molecule has 4 heterocycles. The van der Waals surface area contributed by atoms with Crippen LogP contribution in [0.1, 0.15) is 28.8 Å². The molecule has 0 aliphatic carbocycles. The molecule has 3 aromatic rings. The molecule has 1 amide bonds. The van der Waals surface area contributed by atoms with E-state index < -0.39 is 11.7 Å². The van der Waals surface area contributed by atoms with Crippen molar-refractivity contribution >= 4 is 23.2 Å². The summed E-state index contributed by atoms with van der Waals surface area (Å²) in [5, 5.41) is 6.05. The van der Waals surface area contributed by atoms with Crippen molar-refractivity contribution in [3.63, 3.8) is 0 Å². The van der Waals surface area contributed by atoms with Gasteiger partial charge >= 0.3 is 0 Å². The summed E-state index contributed by atoms with van der Waals surface area (Å²) in [6, 6.07) is 12.4. The first-order chi connectivity index (χ1) is 17.2. The second kappa shape index (κ2) is 10.8. The highest BCUT2D eigenvalue weighted by Crippen LogP contribution is 2.28. The fourth-order valence-corrected chi connectivity index (χ4v) is 4.27. The van der Waals surface area contributed by atoms with Crippen LogP contribution in [0.3, 0.4) is 0 Å². The standard InChI is InChI=1S/C26H28FN5O3/c27-22-16-18-3-5-21(22)25(33)28-8-1-2-12-35-17-19-15-20(30-26-29-9-7-23(18)31-26)4-6-24(19)32-10-13-34-14-11-32/h3-7,9,15-16H,1-2,8,10-14,17H2,(H,28,33)(H,29,30,31). The smallest absolute Gasteiger partial charge is 0.254 e. The third-order valence-electron chi connectivity index (χ3n) is 6.11. The Balaban J connectivity index is 1.47. The molecule has 1 saturated heterocycles. The third kappa shape index (κ3) is 5.58. The Morgan fingerprint density at radius 3 is 2.71 bits per heavy atom. The summed E-state index contributed by atoms with van der Waals surface area (Å²) in [4.78, 5) is 23.6. The molecular formula is C26H28FN5O3. The molecule has 3 aliphatic heterocycles. The lowest BCUT2D eigenvalue weighted by atomic mass is 10.1. The molecule has 3 aliphatic rings. The quantitative estimate of drug-likeness (QED) is 0.550. The molecule has 9 heteroatoms. The topological polar surface area (TPSA) is 88.6 Å². The van der Waals surface area contributed by atoms with Crippen LogP contribution in [-0.2, 0) is 16.1 Å². The summed E-state index contributed by atoms with van der Waals surface area (Å²) in [5.74, 6) is -0.615. The van der Waals surface area contributed by atoms with Gasteiger partial charge in [-0.3, -0.25) is 4.79 Å². The molecule has 6 bridgehead atoms. The van der Waals surface area contributed by atoms with Crippen molar-refractivity contribution in [1.82, 2.24) is 15.3 Å². The van der Waals surface area contributed by atoms with E-state index in [1.54, 1.807) is 18.3 Å². The number of morpholine rings is 1. The predicted molar refractivity (Wildman–Crippen MR) is 131 cm³/mol. The molecule has 1 aromatic heterocycles. The molecular weight excluding hydrogens is 449 g/mol. The number of fused-ring (bicyclic) bond motifs is 9. The zero-order valence-electron chi connectivity index (χ0n) is 19.4. The van der Waals surface area contributed by atoms with Gasteiger partial charge in [-0.25, -0.2) is 14.4 Å². The number of aromatic nitrogens is 2. The van der Waals surface area contributed by atoms with Crippen LogP contribution < -0.4 is 15.5 Å². The zero-order valence-corrected chi connectivity index (χ0v) is 19.4. The minimum absolute atomic E-state index is 0.0157. The molecule has 182 valence electrons.